The molecular weight excluding hydrogens is 72.1 g/mol. The van der Waals surface area contributed by atoms with Gasteiger partial charge in [0.05, 0.1) is 0 Å². The van der Waals surface area contributed by atoms with Crippen LogP contribution in [0, 0.1) is 6.08 Å². The van der Waals surface area contributed by atoms with E-state index in [-0.39, 0.29) is 0 Å². The molecule has 0 radical (unpaired) electrons. The van der Waals surface area contributed by atoms with Crippen molar-refractivity contribution in [1.82, 2.24) is 0 Å². The van der Waals surface area contributed by atoms with Crippen LogP contribution in [0.15, 0.2) is 5.57 Å². The molecule has 0 heterocycles. The van der Waals surface area contributed by atoms with Crippen LogP contribution in [0.3, 0.4) is 0 Å². The van der Waals surface area contributed by atoms with E-state index < -0.39 is 0 Å². The first-order valence-corrected chi connectivity index (χ1v) is 2.52. The van der Waals surface area contributed by atoms with Crippen LogP contribution >= 0.6 is 0 Å². The van der Waals surface area contributed by atoms with Gasteiger partial charge in [-0.05, 0) is 6.92 Å². The number of hydrogen-bond acceptors (Lipinski definition) is 0. The summed E-state index contributed by atoms with van der Waals surface area (Å²) in [6, 6.07) is 0. The maximum atomic E-state index is 3.24. The second-order valence-electron chi connectivity index (χ2n) is 1.63. The Kier molecular flexibility index (Phi) is 0.894. The summed E-state index contributed by atoms with van der Waals surface area (Å²) in [6.45, 7) is 2.13. The molecule has 0 aromatic carbocycles. The quantitative estimate of drug-likeness (QED) is 0.423. The van der Waals surface area contributed by atoms with E-state index in [1.54, 1.807) is 0 Å². The summed E-state index contributed by atoms with van der Waals surface area (Å²) in [4.78, 5) is 0. The second kappa shape index (κ2) is 1.40. The van der Waals surface area contributed by atoms with Gasteiger partial charge in [0.25, 0.3) is 0 Å². The fraction of sp³-hybridized carbons (Fsp3) is 0.667. The molecule has 1 fully saturated rings. The second-order valence-corrected chi connectivity index (χ2v) is 1.63. The van der Waals surface area contributed by atoms with E-state index in [0.29, 0.717) is 0 Å². The molecule has 0 saturated heterocycles. The van der Waals surface area contributed by atoms with Crippen LogP contribution in [0.25, 0.3) is 0 Å². The topological polar surface area (TPSA) is 0 Å². The minimum Gasteiger partial charge on any atom is -0.0142 e. The van der Waals surface area contributed by atoms with Gasteiger partial charge in [0.1, 0.15) is 0 Å². The fourth-order valence-electron chi connectivity index (χ4n) is 0.489. The summed E-state index contributed by atoms with van der Waals surface area (Å²) in [5, 5.41) is 0. The van der Waals surface area contributed by atoms with Gasteiger partial charge < -0.3 is 0 Å². The van der Waals surface area contributed by atoms with Crippen LogP contribution in [-0.2, 0) is 0 Å². The third kappa shape index (κ3) is 0.803. The molecule has 6 heavy (non-hydrogen) atoms. The van der Waals surface area contributed by atoms with Crippen molar-refractivity contribution in [3.8, 4) is 0 Å². The molecule has 0 amide bonds. The number of rotatable bonds is 1. The fourth-order valence-corrected chi connectivity index (χ4v) is 0.489. The van der Waals surface area contributed by atoms with Gasteiger partial charge in [-0.2, -0.15) is 0 Å². The lowest BCUT2D eigenvalue weighted by Crippen LogP contribution is -1.48. The Morgan fingerprint density at radius 1 is 1.67 bits per heavy atom. The SMILES string of the molecule is CC[C+]=C1CC1. The summed E-state index contributed by atoms with van der Waals surface area (Å²) in [6.07, 6.45) is 7.00. The molecule has 0 heteroatoms. The minimum absolute atomic E-state index is 1.11. The lowest BCUT2D eigenvalue weighted by atomic mass is 10.4. The molecule has 1 rings (SSSR count). The summed E-state index contributed by atoms with van der Waals surface area (Å²) in [7, 11) is 0. The zero-order valence-corrected chi connectivity index (χ0v) is 4.12. The van der Waals surface area contributed by atoms with Crippen molar-refractivity contribution in [2.75, 3.05) is 0 Å². The van der Waals surface area contributed by atoms with Crippen LogP contribution in [0.1, 0.15) is 26.2 Å². The molecule has 1 aliphatic carbocycles. The van der Waals surface area contributed by atoms with Crippen molar-refractivity contribution >= 4 is 0 Å². The Morgan fingerprint density at radius 2 is 2.33 bits per heavy atom. The van der Waals surface area contributed by atoms with E-state index in [4.69, 9.17) is 0 Å². The Balaban J connectivity index is 2.24. The van der Waals surface area contributed by atoms with Gasteiger partial charge in [-0.25, -0.2) is 0 Å². The van der Waals surface area contributed by atoms with Crippen LogP contribution in [0.5, 0.6) is 0 Å². The minimum atomic E-state index is 1.11. The molecule has 0 spiro atoms. The molecule has 0 atom stereocenters. The van der Waals surface area contributed by atoms with Crippen molar-refractivity contribution in [2.24, 2.45) is 0 Å². The first kappa shape index (κ1) is 3.83. The van der Waals surface area contributed by atoms with Crippen molar-refractivity contribution in [2.45, 2.75) is 26.2 Å². The van der Waals surface area contributed by atoms with Crippen LogP contribution in [-0.4, -0.2) is 0 Å². The predicted octanol–water partition coefficient (Wildman–Crippen LogP) is 1.92. The highest BCUT2D eigenvalue weighted by Crippen LogP contribution is 2.26. The summed E-state index contributed by atoms with van der Waals surface area (Å²) in [5.74, 6) is 0. The third-order valence-corrected chi connectivity index (χ3v) is 0.927. The Bertz CT molecular complexity index is 64.1. The van der Waals surface area contributed by atoms with E-state index in [2.05, 4.69) is 13.0 Å². The molecule has 0 unspecified atom stereocenters. The van der Waals surface area contributed by atoms with E-state index in [1.165, 1.54) is 18.4 Å². The monoisotopic (exact) mass is 81.1 g/mol. The lowest BCUT2D eigenvalue weighted by Gasteiger charge is -1.46. The normalized spacial score (nSPS) is 17.2. The standard InChI is InChI=1S/C6H9/c1-2-3-6-4-5-6/h2,4-5H2,1H3/q+1. The molecule has 0 N–H and O–H groups in total. The van der Waals surface area contributed by atoms with Crippen LogP contribution in [0.4, 0.5) is 0 Å². The highest BCUT2D eigenvalue weighted by molar-refractivity contribution is 5.11. The van der Waals surface area contributed by atoms with Crippen LogP contribution < -0.4 is 0 Å². The Morgan fingerprint density at radius 3 is 2.50 bits per heavy atom. The lowest BCUT2D eigenvalue weighted by molar-refractivity contribution is 1.17. The zero-order chi connectivity index (χ0) is 4.41. The van der Waals surface area contributed by atoms with Crippen molar-refractivity contribution in [3.63, 3.8) is 0 Å². The number of allylic oxidation sites excluding steroid dienone is 2. The van der Waals surface area contributed by atoms with Gasteiger partial charge in [-0.1, -0.05) is 0 Å². The first-order chi connectivity index (χ1) is 2.93. The van der Waals surface area contributed by atoms with Gasteiger partial charge in [0, 0.05) is 12.8 Å². The average molecular weight is 81.1 g/mol. The molecule has 0 bridgehead atoms. The maximum absolute atomic E-state index is 3.24. The molecule has 0 aromatic heterocycles. The summed E-state index contributed by atoms with van der Waals surface area (Å²) >= 11 is 0. The van der Waals surface area contributed by atoms with Gasteiger partial charge in [0.2, 0.25) is 6.08 Å². The van der Waals surface area contributed by atoms with Gasteiger partial charge in [-0.3, -0.25) is 0 Å². The third-order valence-electron chi connectivity index (χ3n) is 0.927. The van der Waals surface area contributed by atoms with Crippen molar-refractivity contribution < 1.29 is 0 Å². The zero-order valence-electron chi connectivity index (χ0n) is 4.12. The van der Waals surface area contributed by atoms with E-state index in [1.807, 2.05) is 0 Å². The molecule has 0 aromatic rings. The molecule has 0 aliphatic heterocycles. The predicted molar refractivity (Wildman–Crippen MR) is 26.3 cm³/mol. The van der Waals surface area contributed by atoms with Gasteiger partial charge in [0.15, 0.2) is 12.0 Å². The summed E-state index contributed by atoms with van der Waals surface area (Å²) in [5.41, 5.74) is 1.54. The van der Waals surface area contributed by atoms with E-state index in [0.717, 1.165) is 6.42 Å². The maximum Gasteiger partial charge on any atom is 0.221 e. The average Bonchev–Trinajstić information content (AvgIpc) is 2.21. The first-order valence-electron chi connectivity index (χ1n) is 2.52. The smallest absolute Gasteiger partial charge is 0.0142 e. The molecular formula is C6H9+. The van der Waals surface area contributed by atoms with Crippen LogP contribution in [0.2, 0.25) is 0 Å². The molecule has 32 valence electrons. The Hall–Kier alpha value is -0.350. The number of hydrogen-bond donors (Lipinski definition) is 0. The highest BCUT2D eigenvalue weighted by Gasteiger charge is 2.22. The van der Waals surface area contributed by atoms with Crippen molar-refractivity contribution in [1.29, 1.82) is 0 Å². The highest BCUT2D eigenvalue weighted by atomic mass is 14.1. The van der Waals surface area contributed by atoms with Crippen molar-refractivity contribution in [3.05, 3.63) is 11.6 Å². The van der Waals surface area contributed by atoms with Gasteiger partial charge >= 0.3 is 0 Å². The molecule has 1 aliphatic rings. The van der Waals surface area contributed by atoms with Gasteiger partial charge in [-0.15, -0.1) is 0 Å². The Labute approximate surface area is 38.9 Å². The van der Waals surface area contributed by atoms with E-state index in [9.17, 15) is 0 Å². The summed E-state index contributed by atoms with van der Waals surface area (Å²) < 4.78 is 0. The largest absolute Gasteiger partial charge is 0.221 e. The molecule has 1 saturated carbocycles. The van der Waals surface area contributed by atoms with E-state index >= 15 is 0 Å². The molecule has 0 nitrogen and oxygen atoms in total.